The van der Waals surface area contributed by atoms with Crippen LogP contribution < -0.4 is 15.9 Å². The molecule has 0 saturated carbocycles. The summed E-state index contributed by atoms with van der Waals surface area (Å²) in [5, 5.41) is 8.94. The van der Waals surface area contributed by atoms with E-state index in [-0.39, 0.29) is 18.6 Å². The van der Waals surface area contributed by atoms with Crippen LogP contribution in [0.5, 0.6) is 5.75 Å². The molecule has 1 aliphatic rings. The summed E-state index contributed by atoms with van der Waals surface area (Å²) in [4.78, 5) is 10.9. The number of carboxylic acid groups (broad SMARTS) is 1. The fourth-order valence-electron chi connectivity index (χ4n) is 2.40. The molecule has 0 bridgehead atoms. The Morgan fingerprint density at radius 1 is 1.38 bits per heavy atom. The maximum absolute atomic E-state index is 10.9. The lowest BCUT2D eigenvalue weighted by atomic mass is 9.76. The van der Waals surface area contributed by atoms with Crippen molar-refractivity contribution in [2.24, 2.45) is 5.73 Å². The highest BCUT2D eigenvalue weighted by Crippen LogP contribution is 2.21. The summed E-state index contributed by atoms with van der Waals surface area (Å²) in [7, 11) is 1.04. The van der Waals surface area contributed by atoms with Crippen LogP contribution in [-0.2, 0) is 14.1 Å². The lowest BCUT2D eigenvalue weighted by molar-refractivity contribution is -0.140. The van der Waals surface area contributed by atoms with Gasteiger partial charge in [-0.15, -0.1) is 0 Å². The van der Waals surface area contributed by atoms with E-state index in [0.29, 0.717) is 19.4 Å². The maximum Gasteiger partial charge on any atom is 0.494 e. The van der Waals surface area contributed by atoms with Gasteiger partial charge in [0, 0.05) is 6.10 Å². The standard InChI is InChI=1S/C14H20BNO5/c1-19-11-4-2-10(3-5-11)15-20-12(6-7-16)8-13(21-15)9-14(17)18/h2-5,12-13H,6-9,16H2,1H3,(H,17,18). The summed E-state index contributed by atoms with van der Waals surface area (Å²) < 4.78 is 16.7. The molecule has 0 amide bonds. The molecule has 2 rings (SSSR count). The van der Waals surface area contributed by atoms with E-state index in [1.165, 1.54) is 0 Å². The lowest BCUT2D eigenvalue weighted by Crippen LogP contribution is -2.49. The third kappa shape index (κ3) is 4.45. The van der Waals surface area contributed by atoms with Crippen molar-refractivity contribution < 1.29 is 23.9 Å². The number of rotatable bonds is 6. The summed E-state index contributed by atoms with van der Waals surface area (Å²) in [6.45, 7) is 0.500. The Bertz CT molecular complexity index is 467. The Morgan fingerprint density at radius 2 is 2.05 bits per heavy atom. The second-order valence-electron chi connectivity index (χ2n) is 5.03. The number of nitrogens with two attached hydrogens (primary N) is 1. The molecule has 1 aliphatic heterocycles. The van der Waals surface area contributed by atoms with E-state index in [1.807, 2.05) is 24.3 Å². The largest absolute Gasteiger partial charge is 0.497 e. The number of carboxylic acids is 1. The summed E-state index contributed by atoms with van der Waals surface area (Å²) in [6, 6.07) is 7.35. The molecule has 0 aromatic heterocycles. The number of aliphatic carboxylic acids is 1. The van der Waals surface area contributed by atoms with Crippen LogP contribution in [-0.4, -0.2) is 44.1 Å². The van der Waals surface area contributed by atoms with Crippen LogP contribution >= 0.6 is 0 Å². The van der Waals surface area contributed by atoms with Crippen LogP contribution in [0.1, 0.15) is 19.3 Å². The van der Waals surface area contributed by atoms with Gasteiger partial charge in [0.05, 0.1) is 19.6 Å². The predicted molar refractivity (Wildman–Crippen MR) is 78.7 cm³/mol. The lowest BCUT2D eigenvalue weighted by Gasteiger charge is -2.33. The molecule has 1 aromatic rings. The number of hydrogen-bond donors (Lipinski definition) is 2. The van der Waals surface area contributed by atoms with Crippen molar-refractivity contribution in [3.05, 3.63) is 24.3 Å². The van der Waals surface area contributed by atoms with E-state index in [0.717, 1.165) is 11.2 Å². The first-order chi connectivity index (χ1) is 10.1. The van der Waals surface area contributed by atoms with Crippen molar-refractivity contribution in [3.63, 3.8) is 0 Å². The first-order valence-corrected chi connectivity index (χ1v) is 6.99. The van der Waals surface area contributed by atoms with Gasteiger partial charge in [0.2, 0.25) is 0 Å². The zero-order valence-electron chi connectivity index (χ0n) is 12.0. The van der Waals surface area contributed by atoms with Gasteiger partial charge in [0.15, 0.2) is 0 Å². The summed E-state index contributed by atoms with van der Waals surface area (Å²) in [6.07, 6.45) is 0.763. The van der Waals surface area contributed by atoms with Gasteiger partial charge in [-0.3, -0.25) is 4.79 Å². The average molecular weight is 293 g/mol. The molecule has 1 heterocycles. The third-order valence-corrected chi connectivity index (χ3v) is 3.44. The van der Waals surface area contributed by atoms with E-state index in [2.05, 4.69) is 0 Å². The minimum atomic E-state index is -0.873. The smallest absolute Gasteiger partial charge is 0.494 e. The topological polar surface area (TPSA) is 91.0 Å². The molecule has 114 valence electrons. The minimum absolute atomic E-state index is 0.0307. The van der Waals surface area contributed by atoms with Crippen molar-refractivity contribution in [1.82, 2.24) is 0 Å². The first-order valence-electron chi connectivity index (χ1n) is 6.99. The molecule has 1 saturated heterocycles. The van der Waals surface area contributed by atoms with Crippen LogP contribution in [0, 0.1) is 0 Å². The van der Waals surface area contributed by atoms with Crippen molar-refractivity contribution in [2.45, 2.75) is 31.5 Å². The van der Waals surface area contributed by atoms with E-state index in [1.54, 1.807) is 7.11 Å². The molecule has 7 heteroatoms. The Hall–Kier alpha value is -1.57. The molecule has 1 fully saturated rings. The third-order valence-electron chi connectivity index (χ3n) is 3.44. The highest BCUT2D eigenvalue weighted by atomic mass is 16.6. The Kier molecular flexibility index (Phi) is 5.61. The number of benzene rings is 1. The van der Waals surface area contributed by atoms with E-state index < -0.39 is 13.1 Å². The van der Waals surface area contributed by atoms with E-state index >= 15 is 0 Å². The van der Waals surface area contributed by atoms with Gasteiger partial charge in [-0.2, -0.15) is 0 Å². The van der Waals surface area contributed by atoms with Crippen LogP contribution in [0.15, 0.2) is 24.3 Å². The Morgan fingerprint density at radius 3 is 2.62 bits per heavy atom. The molecular formula is C14H20BNO5. The van der Waals surface area contributed by atoms with Crippen LogP contribution in [0.25, 0.3) is 0 Å². The zero-order chi connectivity index (χ0) is 15.2. The molecule has 3 N–H and O–H groups in total. The molecule has 6 nitrogen and oxygen atoms in total. The monoisotopic (exact) mass is 293 g/mol. The predicted octanol–water partition coefficient (Wildman–Crippen LogP) is 0.388. The van der Waals surface area contributed by atoms with E-state index in [9.17, 15) is 4.79 Å². The van der Waals surface area contributed by atoms with Gasteiger partial charge in [0.25, 0.3) is 0 Å². The molecular weight excluding hydrogens is 273 g/mol. The number of carbonyl (C=O) groups is 1. The van der Waals surface area contributed by atoms with Gasteiger partial charge in [-0.25, -0.2) is 0 Å². The van der Waals surface area contributed by atoms with Crippen molar-refractivity contribution >= 4 is 18.6 Å². The van der Waals surface area contributed by atoms with Gasteiger partial charge in [-0.05, 0) is 37.0 Å². The van der Waals surface area contributed by atoms with Gasteiger partial charge in [0.1, 0.15) is 5.75 Å². The fourth-order valence-corrected chi connectivity index (χ4v) is 2.40. The minimum Gasteiger partial charge on any atom is -0.497 e. The van der Waals surface area contributed by atoms with Gasteiger partial charge in [-0.1, -0.05) is 12.1 Å². The molecule has 21 heavy (non-hydrogen) atoms. The normalized spacial score (nSPS) is 22.1. The fraction of sp³-hybridized carbons (Fsp3) is 0.500. The second kappa shape index (κ2) is 7.45. The molecule has 0 radical (unpaired) electrons. The number of methoxy groups -OCH3 is 1. The summed E-state index contributed by atoms with van der Waals surface area (Å²) in [5.74, 6) is -0.128. The molecule has 2 atom stereocenters. The summed E-state index contributed by atoms with van der Waals surface area (Å²) >= 11 is 0. The van der Waals surface area contributed by atoms with Gasteiger partial charge < -0.3 is 24.9 Å². The summed E-state index contributed by atoms with van der Waals surface area (Å²) in [5.41, 5.74) is 6.42. The van der Waals surface area contributed by atoms with Gasteiger partial charge >= 0.3 is 13.1 Å². The Balaban J connectivity index is 2.09. The maximum atomic E-state index is 10.9. The highest BCUT2D eigenvalue weighted by Gasteiger charge is 2.35. The molecule has 0 spiro atoms. The average Bonchev–Trinajstić information content (AvgIpc) is 2.47. The first kappa shape index (κ1) is 15.8. The molecule has 1 aromatic carbocycles. The van der Waals surface area contributed by atoms with Crippen molar-refractivity contribution in [1.29, 1.82) is 0 Å². The van der Waals surface area contributed by atoms with Crippen molar-refractivity contribution in [2.75, 3.05) is 13.7 Å². The van der Waals surface area contributed by atoms with Crippen LogP contribution in [0.4, 0.5) is 0 Å². The number of ether oxygens (including phenoxy) is 1. The quantitative estimate of drug-likeness (QED) is 0.737. The van der Waals surface area contributed by atoms with Crippen LogP contribution in [0.2, 0.25) is 0 Å². The highest BCUT2D eigenvalue weighted by molar-refractivity contribution is 6.61. The Labute approximate surface area is 124 Å². The molecule has 2 unspecified atom stereocenters. The SMILES string of the molecule is COc1ccc(B2OC(CCN)CC(CC(=O)O)O2)cc1. The van der Waals surface area contributed by atoms with E-state index in [4.69, 9.17) is 24.9 Å². The molecule has 0 aliphatic carbocycles. The van der Waals surface area contributed by atoms with Crippen molar-refractivity contribution in [3.8, 4) is 5.75 Å². The second-order valence-corrected chi connectivity index (χ2v) is 5.03. The van der Waals surface area contributed by atoms with Crippen LogP contribution in [0.3, 0.4) is 0 Å². The zero-order valence-corrected chi connectivity index (χ0v) is 12.0. The number of hydrogen-bond acceptors (Lipinski definition) is 5.